The van der Waals surface area contributed by atoms with Gasteiger partial charge in [-0.3, -0.25) is 19.2 Å². The topological polar surface area (TPSA) is 292 Å². The van der Waals surface area contributed by atoms with Crippen LogP contribution in [0.1, 0.15) is 181 Å². The number of nitrogens with one attached hydrogen (secondary N) is 2. The molecule has 8 heterocycles. The molecule has 4 amide bonds. The fraction of sp³-hybridized carbons (Fsp3) is 0.611. The molecular weight excluding hydrogens is 1230 g/mol. The van der Waals surface area contributed by atoms with Gasteiger partial charge in [0.05, 0.1) is 59.6 Å². The zero-order valence-corrected chi connectivity index (χ0v) is 57.6. The number of oxazole rings is 2. The lowest BCUT2D eigenvalue weighted by Crippen LogP contribution is -2.57. The molecule has 4 bridgehead atoms. The van der Waals surface area contributed by atoms with Gasteiger partial charge in [-0.05, 0) is 139 Å². The molecule has 2 saturated carbocycles. The molecule has 4 aliphatic heterocycles. The molecule has 2 aromatic carbocycles. The van der Waals surface area contributed by atoms with Gasteiger partial charge in [0.2, 0.25) is 35.4 Å². The van der Waals surface area contributed by atoms with Crippen LogP contribution in [0.15, 0.2) is 57.6 Å². The molecule has 6 aliphatic rings. The number of benzene rings is 2. The first-order valence-corrected chi connectivity index (χ1v) is 34.3. The molecule has 4 fully saturated rings. The molecule has 0 spiro atoms. The van der Waals surface area contributed by atoms with Gasteiger partial charge in [0.25, 0.3) is 0 Å². The van der Waals surface area contributed by atoms with Crippen molar-refractivity contribution in [2.75, 3.05) is 13.1 Å². The summed E-state index contributed by atoms with van der Waals surface area (Å²) in [7, 11) is 0. The second-order valence-electron chi connectivity index (χ2n) is 29.3. The SMILES string of the molecule is CC(=O)[C@@H]1[C@H](C)[C@@H]2CN1C(=O)[C@H](C(C)(C)C)NC(=O)O[C@@H]1CCC[C@H]1CCCCCc1nc3ccc(OCc4ncc(C)o4)cc3nc1O2.CC(=O)[C@@H]1[C@H](C)[C@@H]2CN1C(=O)[C@H](C(C)(C)C)NC(=O)O[C@@H]1C[C@H]1CCCCCc1nc3ccc(OCc4ncc(C)o4)cc3nc1O2. The van der Waals surface area contributed by atoms with Crippen LogP contribution < -0.4 is 29.6 Å². The number of alkyl carbamates (subject to hydrolysis) is 2. The van der Waals surface area contributed by atoms with E-state index in [9.17, 15) is 28.8 Å². The van der Waals surface area contributed by atoms with E-state index in [1.165, 1.54) is 13.8 Å². The molecule has 0 radical (unpaired) electrons. The lowest BCUT2D eigenvalue weighted by atomic mass is 9.85. The molecule has 24 nitrogen and oxygen atoms in total. The van der Waals surface area contributed by atoms with E-state index in [0.29, 0.717) is 87.8 Å². The number of amides is 4. The van der Waals surface area contributed by atoms with Gasteiger partial charge in [-0.15, -0.1) is 0 Å². The Labute approximate surface area is 560 Å². The van der Waals surface area contributed by atoms with Gasteiger partial charge in [-0.1, -0.05) is 81.1 Å². The fourth-order valence-electron chi connectivity index (χ4n) is 14.3. The van der Waals surface area contributed by atoms with Crippen LogP contribution in [-0.2, 0) is 54.7 Å². The van der Waals surface area contributed by atoms with E-state index in [1.54, 1.807) is 22.2 Å². The molecule has 2 aliphatic carbocycles. The average molecular weight is 1320 g/mol. The molecular formula is C72H94N10O14. The number of carbonyl (C=O) groups is 6. The number of ether oxygens (including phenoxy) is 6. The Kier molecular flexibility index (Phi) is 20.9. The molecule has 2 saturated heterocycles. The summed E-state index contributed by atoms with van der Waals surface area (Å²) in [6.07, 6.45) is 13.5. The van der Waals surface area contributed by atoms with E-state index in [0.717, 1.165) is 94.0 Å². The van der Waals surface area contributed by atoms with Crippen LogP contribution in [0.2, 0.25) is 0 Å². The highest BCUT2D eigenvalue weighted by molar-refractivity contribution is 5.94. The molecule has 4 aromatic heterocycles. The number of carbonyl (C=O) groups excluding carboxylic acids is 6. The maximum Gasteiger partial charge on any atom is 0.408 e. The van der Waals surface area contributed by atoms with Crippen molar-refractivity contribution in [3.05, 3.63) is 83.5 Å². The molecule has 0 unspecified atom stereocenters. The third-order valence-electron chi connectivity index (χ3n) is 19.6. The smallest absolute Gasteiger partial charge is 0.408 e. The van der Waals surface area contributed by atoms with Crippen molar-refractivity contribution in [3.8, 4) is 23.3 Å². The van der Waals surface area contributed by atoms with Gasteiger partial charge < -0.3 is 57.7 Å². The Bertz CT molecular complexity index is 3820. The van der Waals surface area contributed by atoms with Gasteiger partial charge in [0.15, 0.2) is 24.8 Å². The fourth-order valence-corrected chi connectivity index (χ4v) is 14.3. The van der Waals surface area contributed by atoms with Gasteiger partial charge in [-0.25, -0.2) is 39.5 Å². The highest BCUT2D eigenvalue weighted by Crippen LogP contribution is 2.41. The zero-order valence-electron chi connectivity index (χ0n) is 57.6. The molecule has 12 atom stereocenters. The van der Waals surface area contributed by atoms with Gasteiger partial charge in [0, 0.05) is 24.0 Å². The number of ketones is 2. The summed E-state index contributed by atoms with van der Waals surface area (Å²) in [5.74, 6) is 3.33. The Morgan fingerprint density at radius 2 is 0.969 bits per heavy atom. The maximum atomic E-state index is 14.3. The Hall–Kier alpha value is -8.44. The van der Waals surface area contributed by atoms with Crippen molar-refractivity contribution in [3.63, 3.8) is 0 Å². The van der Waals surface area contributed by atoms with Crippen molar-refractivity contribution >= 4 is 57.6 Å². The molecule has 12 rings (SSSR count). The normalized spacial score (nSPS) is 27.0. The molecule has 24 heteroatoms. The van der Waals surface area contributed by atoms with E-state index >= 15 is 0 Å². The summed E-state index contributed by atoms with van der Waals surface area (Å²) >= 11 is 0. The van der Waals surface area contributed by atoms with Crippen LogP contribution in [0.25, 0.3) is 22.1 Å². The van der Waals surface area contributed by atoms with Crippen molar-refractivity contribution < 1.29 is 66.0 Å². The average Bonchev–Trinajstić information content (AvgIpc) is 1.58. The summed E-state index contributed by atoms with van der Waals surface area (Å²) in [6.45, 7) is 22.5. The van der Waals surface area contributed by atoms with Crippen LogP contribution in [0.3, 0.4) is 0 Å². The Balaban J connectivity index is 0.000000195. The first kappa shape index (κ1) is 68.9. The van der Waals surface area contributed by atoms with Gasteiger partial charge in [0.1, 0.15) is 70.9 Å². The second kappa shape index (κ2) is 29.1. The van der Waals surface area contributed by atoms with E-state index in [4.69, 9.17) is 57.2 Å². The van der Waals surface area contributed by atoms with E-state index in [2.05, 4.69) is 20.6 Å². The van der Waals surface area contributed by atoms with Crippen LogP contribution in [-0.4, -0.2) is 137 Å². The largest absolute Gasteiger partial charge is 0.484 e. The molecule has 6 aromatic rings. The van der Waals surface area contributed by atoms with E-state index in [-0.39, 0.29) is 73.7 Å². The lowest BCUT2D eigenvalue weighted by molar-refractivity contribution is -0.141. The van der Waals surface area contributed by atoms with Crippen LogP contribution >= 0.6 is 0 Å². The maximum absolute atomic E-state index is 14.3. The minimum absolute atomic E-state index is 0.134. The number of hydrogen-bond acceptors (Lipinski definition) is 20. The molecule has 96 heavy (non-hydrogen) atoms. The number of hydrogen-bond donors (Lipinski definition) is 2. The van der Waals surface area contributed by atoms with Crippen molar-refractivity contribution in [2.45, 2.75) is 235 Å². The number of rotatable bonds is 8. The third kappa shape index (κ3) is 16.3. The number of Topliss-reactive ketones (excluding diaryl/α,β-unsaturated/α-hetero) is 2. The van der Waals surface area contributed by atoms with E-state index < -0.39 is 59.4 Å². The number of nitrogens with zero attached hydrogens (tertiary/aromatic N) is 8. The standard InChI is InChI=1S/C37H49N5O7.C35H45N5O7/c1-21-18-38-31(47-21)20-46-25-15-16-26-28(17-25)40-34-27(39-26)13-9-7-8-11-24-12-10-14-29(24)49-36(45)41-33(37(4,5)6)35(44)42-19-30(48-34)22(2)32(42)23(3)43;1-19-16-36-29(45-19)18-44-23-12-13-24-26(15-23)38-32-25(37-24)11-9-7-8-10-22-14-27(22)47-34(43)39-31(35(4,5)6)33(42)40-17-28(46-32)20(2)30(40)21(3)41/h15-18,22,24,29-30,32-33H,7-14,19-20H2,1-6H3,(H,41,45);12-13,15-16,20,22,27-28,30-31H,7-11,14,17-18H2,1-6H3,(H,39,43)/t22-,24-,29-,30+,32+,33-;20-,22-,27-,28+,30+,31-/m11/s1. The highest BCUT2D eigenvalue weighted by Gasteiger charge is 2.52. The summed E-state index contributed by atoms with van der Waals surface area (Å²) in [5, 5.41) is 5.73. The predicted molar refractivity (Wildman–Crippen MR) is 353 cm³/mol. The van der Waals surface area contributed by atoms with Crippen molar-refractivity contribution in [1.82, 2.24) is 50.3 Å². The number of aromatic nitrogens is 6. The minimum Gasteiger partial charge on any atom is -0.484 e. The summed E-state index contributed by atoms with van der Waals surface area (Å²) in [5.41, 5.74) is 2.85. The summed E-state index contributed by atoms with van der Waals surface area (Å²) in [4.78, 5) is 112. The van der Waals surface area contributed by atoms with E-state index in [1.807, 2.05) is 106 Å². The summed E-state index contributed by atoms with van der Waals surface area (Å²) in [6, 6.07) is 7.84. The quantitative estimate of drug-likeness (QED) is 0.143. The van der Waals surface area contributed by atoms with Gasteiger partial charge in [-0.2, -0.15) is 0 Å². The Morgan fingerprint density at radius 1 is 0.531 bits per heavy atom. The van der Waals surface area contributed by atoms with Crippen molar-refractivity contribution in [1.29, 1.82) is 0 Å². The minimum atomic E-state index is -0.902. The second-order valence-corrected chi connectivity index (χ2v) is 29.3. The number of fused-ring (bicyclic) bond motifs is 10. The first-order valence-electron chi connectivity index (χ1n) is 34.3. The predicted octanol–water partition coefficient (Wildman–Crippen LogP) is 11.4. The van der Waals surface area contributed by atoms with Crippen LogP contribution in [0.4, 0.5) is 9.59 Å². The van der Waals surface area contributed by atoms with Crippen molar-refractivity contribution in [2.24, 2.45) is 34.5 Å². The monoisotopic (exact) mass is 1320 g/mol. The summed E-state index contributed by atoms with van der Waals surface area (Å²) < 4.78 is 47.9. The molecule has 516 valence electrons. The third-order valence-corrected chi connectivity index (χ3v) is 19.6. The van der Waals surface area contributed by atoms with Crippen LogP contribution in [0, 0.1) is 48.3 Å². The highest BCUT2D eigenvalue weighted by atomic mass is 16.6. The first-order chi connectivity index (χ1) is 45.7. The van der Waals surface area contributed by atoms with Crippen LogP contribution in [0.5, 0.6) is 23.3 Å². The molecule has 2 N–H and O–H groups in total. The zero-order chi connectivity index (χ0) is 68.3. The lowest BCUT2D eigenvalue weighted by Gasteiger charge is -2.35. The number of aryl methyl sites for hydroxylation is 4. The van der Waals surface area contributed by atoms with Gasteiger partial charge >= 0.3 is 12.2 Å². The Morgan fingerprint density at radius 3 is 1.40 bits per heavy atom.